The van der Waals surface area contributed by atoms with Gasteiger partial charge in [0.15, 0.2) is 0 Å². The van der Waals surface area contributed by atoms with E-state index < -0.39 is 0 Å². The van der Waals surface area contributed by atoms with E-state index in [1.165, 1.54) is 5.56 Å². The van der Waals surface area contributed by atoms with E-state index in [4.69, 9.17) is 23.2 Å². The molecule has 0 aromatic heterocycles. The van der Waals surface area contributed by atoms with Crippen molar-refractivity contribution in [2.45, 2.75) is 26.3 Å². The third-order valence-electron chi connectivity index (χ3n) is 3.13. The van der Waals surface area contributed by atoms with Crippen LogP contribution >= 0.6 is 39.1 Å². The summed E-state index contributed by atoms with van der Waals surface area (Å²) in [5.41, 5.74) is 3.35. The van der Waals surface area contributed by atoms with Crippen molar-refractivity contribution in [2.75, 3.05) is 5.32 Å². The molecule has 20 heavy (non-hydrogen) atoms. The largest absolute Gasteiger partial charge is 0.378 e. The van der Waals surface area contributed by atoms with Crippen molar-refractivity contribution in [3.05, 3.63) is 62.0 Å². The molecular formula is C16H16BrCl2N. The molecule has 0 saturated carbocycles. The lowest BCUT2D eigenvalue weighted by atomic mass is 10.0. The molecule has 0 spiro atoms. The van der Waals surface area contributed by atoms with Crippen LogP contribution in [-0.4, -0.2) is 0 Å². The van der Waals surface area contributed by atoms with Crippen LogP contribution in [0.2, 0.25) is 10.0 Å². The van der Waals surface area contributed by atoms with Crippen molar-refractivity contribution in [3.8, 4) is 0 Å². The highest BCUT2D eigenvalue weighted by molar-refractivity contribution is 9.10. The molecule has 0 heterocycles. The van der Waals surface area contributed by atoms with Crippen LogP contribution in [0.15, 0.2) is 40.9 Å². The number of aryl methyl sites for hydroxylation is 1. The summed E-state index contributed by atoms with van der Waals surface area (Å²) in [5, 5.41) is 4.89. The molecule has 1 unspecified atom stereocenters. The summed E-state index contributed by atoms with van der Waals surface area (Å²) >= 11 is 15.8. The number of rotatable bonds is 4. The van der Waals surface area contributed by atoms with Crippen LogP contribution in [0.3, 0.4) is 0 Å². The lowest BCUT2D eigenvalue weighted by molar-refractivity contribution is 0.749. The highest BCUT2D eigenvalue weighted by Crippen LogP contribution is 2.31. The fraction of sp³-hybridized carbons (Fsp3) is 0.250. The molecule has 0 aliphatic carbocycles. The van der Waals surface area contributed by atoms with Gasteiger partial charge in [-0.25, -0.2) is 0 Å². The Morgan fingerprint density at radius 1 is 1.15 bits per heavy atom. The molecule has 2 aromatic carbocycles. The number of benzene rings is 2. The molecule has 2 aromatic rings. The van der Waals surface area contributed by atoms with Crippen molar-refractivity contribution < 1.29 is 0 Å². The zero-order valence-electron chi connectivity index (χ0n) is 11.4. The number of nitrogens with one attached hydrogen (secondary N) is 1. The van der Waals surface area contributed by atoms with Crippen LogP contribution in [0.1, 0.15) is 30.5 Å². The fourth-order valence-corrected chi connectivity index (χ4v) is 3.35. The summed E-state index contributed by atoms with van der Waals surface area (Å²) in [6, 6.07) is 12.1. The minimum absolute atomic E-state index is 0.161. The smallest absolute Gasteiger partial charge is 0.0525 e. The third kappa shape index (κ3) is 3.91. The van der Waals surface area contributed by atoms with Crippen LogP contribution in [0.25, 0.3) is 0 Å². The Morgan fingerprint density at radius 3 is 2.50 bits per heavy atom. The van der Waals surface area contributed by atoms with Gasteiger partial charge < -0.3 is 5.32 Å². The summed E-state index contributed by atoms with van der Waals surface area (Å²) in [6.07, 6.45) is 0.937. The Morgan fingerprint density at radius 2 is 1.90 bits per heavy atom. The van der Waals surface area contributed by atoms with E-state index in [1.807, 2.05) is 12.1 Å². The Bertz CT molecular complexity index is 593. The van der Waals surface area contributed by atoms with Gasteiger partial charge in [0.25, 0.3) is 0 Å². The van der Waals surface area contributed by atoms with Crippen LogP contribution < -0.4 is 5.32 Å². The molecular weight excluding hydrogens is 357 g/mol. The van der Waals surface area contributed by atoms with Crippen molar-refractivity contribution in [3.63, 3.8) is 0 Å². The standard InChI is InChI=1S/C16H16BrCl2N/c1-3-16(14-5-4-12(18)9-15(14)19)20-13-7-10(2)6-11(17)8-13/h4-9,16,20H,3H2,1-2H3. The average Bonchev–Trinajstić information content (AvgIpc) is 2.35. The molecule has 106 valence electrons. The second-order valence-corrected chi connectivity index (χ2v) is 6.55. The van der Waals surface area contributed by atoms with E-state index in [2.05, 4.69) is 53.3 Å². The first-order valence-corrected chi connectivity index (χ1v) is 8.03. The highest BCUT2D eigenvalue weighted by atomic mass is 79.9. The van der Waals surface area contributed by atoms with Crippen LogP contribution in [0.4, 0.5) is 5.69 Å². The second kappa shape index (κ2) is 6.84. The summed E-state index contributed by atoms with van der Waals surface area (Å²) in [6.45, 7) is 4.21. The summed E-state index contributed by atoms with van der Waals surface area (Å²) < 4.78 is 1.07. The zero-order valence-corrected chi connectivity index (χ0v) is 14.5. The number of hydrogen-bond donors (Lipinski definition) is 1. The SMILES string of the molecule is CCC(Nc1cc(C)cc(Br)c1)c1ccc(Cl)cc1Cl. The molecule has 1 nitrogen and oxygen atoms in total. The molecule has 0 fully saturated rings. The molecule has 0 radical (unpaired) electrons. The average molecular weight is 373 g/mol. The molecule has 0 aliphatic rings. The van der Waals surface area contributed by atoms with Gasteiger partial charge in [0.05, 0.1) is 6.04 Å². The topological polar surface area (TPSA) is 12.0 Å². The van der Waals surface area contributed by atoms with E-state index in [9.17, 15) is 0 Å². The number of halogens is 3. The molecule has 2 rings (SSSR count). The molecule has 0 bridgehead atoms. The van der Waals surface area contributed by atoms with Crippen LogP contribution in [0, 0.1) is 6.92 Å². The highest BCUT2D eigenvalue weighted by Gasteiger charge is 2.13. The first-order valence-electron chi connectivity index (χ1n) is 6.48. The quantitative estimate of drug-likeness (QED) is 0.635. The Kier molecular flexibility index (Phi) is 5.36. The lowest BCUT2D eigenvalue weighted by Gasteiger charge is -2.20. The van der Waals surface area contributed by atoms with E-state index >= 15 is 0 Å². The van der Waals surface area contributed by atoms with Crippen LogP contribution in [0.5, 0.6) is 0 Å². The summed E-state index contributed by atoms with van der Waals surface area (Å²) in [4.78, 5) is 0. The number of anilines is 1. The molecule has 0 aliphatic heterocycles. The fourth-order valence-electron chi connectivity index (χ4n) is 2.20. The van der Waals surface area contributed by atoms with Gasteiger partial charge in [0, 0.05) is 20.2 Å². The van der Waals surface area contributed by atoms with E-state index in [1.54, 1.807) is 6.07 Å². The predicted molar refractivity (Wildman–Crippen MR) is 92.0 cm³/mol. The van der Waals surface area contributed by atoms with Crippen molar-refractivity contribution in [2.24, 2.45) is 0 Å². The Labute approximate surface area is 138 Å². The van der Waals surface area contributed by atoms with E-state index in [-0.39, 0.29) is 6.04 Å². The molecule has 0 saturated heterocycles. The second-order valence-electron chi connectivity index (χ2n) is 4.79. The number of hydrogen-bond acceptors (Lipinski definition) is 1. The van der Waals surface area contributed by atoms with Gasteiger partial charge in [-0.15, -0.1) is 0 Å². The zero-order chi connectivity index (χ0) is 14.7. The van der Waals surface area contributed by atoms with Crippen molar-refractivity contribution in [1.82, 2.24) is 0 Å². The Hall–Kier alpha value is -0.700. The van der Waals surface area contributed by atoms with Gasteiger partial charge in [-0.3, -0.25) is 0 Å². The first-order chi connectivity index (χ1) is 9.49. The van der Waals surface area contributed by atoms with E-state index in [0.29, 0.717) is 10.0 Å². The molecule has 0 amide bonds. The molecule has 4 heteroatoms. The predicted octanol–water partition coefficient (Wildman–Crippen LogP) is 6.63. The van der Waals surface area contributed by atoms with Gasteiger partial charge in [0.1, 0.15) is 0 Å². The lowest BCUT2D eigenvalue weighted by Crippen LogP contribution is -2.10. The van der Waals surface area contributed by atoms with Gasteiger partial charge in [-0.1, -0.05) is 52.1 Å². The maximum absolute atomic E-state index is 6.30. The van der Waals surface area contributed by atoms with Crippen LogP contribution in [-0.2, 0) is 0 Å². The minimum Gasteiger partial charge on any atom is -0.378 e. The van der Waals surface area contributed by atoms with Gasteiger partial charge >= 0.3 is 0 Å². The maximum atomic E-state index is 6.30. The van der Waals surface area contributed by atoms with E-state index in [0.717, 1.165) is 22.1 Å². The van der Waals surface area contributed by atoms with Gasteiger partial charge in [0.2, 0.25) is 0 Å². The molecule has 1 atom stereocenters. The van der Waals surface area contributed by atoms with Crippen molar-refractivity contribution in [1.29, 1.82) is 0 Å². The molecule has 1 N–H and O–H groups in total. The van der Waals surface area contributed by atoms with Crippen molar-refractivity contribution >= 4 is 44.8 Å². The monoisotopic (exact) mass is 371 g/mol. The summed E-state index contributed by atoms with van der Waals surface area (Å²) in [5.74, 6) is 0. The first kappa shape index (κ1) is 15.7. The minimum atomic E-state index is 0.161. The summed E-state index contributed by atoms with van der Waals surface area (Å²) in [7, 11) is 0. The maximum Gasteiger partial charge on any atom is 0.0525 e. The normalized spacial score (nSPS) is 12.2. The van der Waals surface area contributed by atoms with Gasteiger partial charge in [-0.05, 0) is 54.8 Å². The third-order valence-corrected chi connectivity index (χ3v) is 4.15. The van der Waals surface area contributed by atoms with Gasteiger partial charge in [-0.2, -0.15) is 0 Å². The Balaban J connectivity index is 2.28.